The predicted molar refractivity (Wildman–Crippen MR) is 76.5 cm³/mol. The van der Waals surface area contributed by atoms with Gasteiger partial charge in [-0.15, -0.1) is 0 Å². The first kappa shape index (κ1) is 14.5. The summed E-state index contributed by atoms with van der Waals surface area (Å²) in [7, 11) is -1.48. The molecule has 0 spiro atoms. The summed E-state index contributed by atoms with van der Waals surface area (Å²) in [6.07, 6.45) is 1.91. The highest BCUT2D eigenvalue weighted by Crippen LogP contribution is 2.26. The largest absolute Gasteiger partial charge is 0.316 e. The molecule has 1 unspecified atom stereocenters. The lowest BCUT2D eigenvalue weighted by molar-refractivity contribution is 0.408. The molecule has 2 rings (SSSR count). The van der Waals surface area contributed by atoms with Crippen LogP contribution >= 0.6 is 0 Å². The Kier molecular flexibility index (Phi) is 4.28. The lowest BCUT2D eigenvalue weighted by atomic mass is 10.1. The third-order valence-corrected chi connectivity index (χ3v) is 5.80. The van der Waals surface area contributed by atoms with E-state index >= 15 is 0 Å². The molecule has 0 radical (unpaired) electrons. The first-order chi connectivity index (χ1) is 8.96. The minimum absolute atomic E-state index is 0.110. The molecule has 1 heterocycles. The second kappa shape index (κ2) is 5.61. The molecule has 0 amide bonds. The van der Waals surface area contributed by atoms with Gasteiger partial charge < -0.3 is 5.32 Å². The summed E-state index contributed by atoms with van der Waals surface area (Å²) in [6, 6.07) is 5.51. The van der Waals surface area contributed by atoms with Crippen molar-refractivity contribution in [3.63, 3.8) is 0 Å². The van der Waals surface area contributed by atoms with Crippen LogP contribution in [0.3, 0.4) is 0 Å². The Hall–Kier alpha value is -0.910. The van der Waals surface area contributed by atoms with E-state index < -0.39 is 10.0 Å². The van der Waals surface area contributed by atoms with Gasteiger partial charge in [0.05, 0.1) is 4.90 Å². The number of nitrogens with one attached hydrogen (secondary N) is 1. The molecule has 1 fully saturated rings. The number of hydrogen-bond donors (Lipinski definition) is 1. The lowest BCUT2D eigenvalue weighted by Gasteiger charge is -2.21. The zero-order valence-electron chi connectivity index (χ0n) is 11.8. The van der Waals surface area contributed by atoms with Crippen molar-refractivity contribution in [2.45, 2.75) is 44.2 Å². The second-order valence-corrected chi connectivity index (χ2v) is 7.12. The van der Waals surface area contributed by atoms with Crippen molar-refractivity contribution in [1.29, 1.82) is 0 Å². The monoisotopic (exact) mass is 282 g/mol. The van der Waals surface area contributed by atoms with Crippen molar-refractivity contribution < 1.29 is 8.42 Å². The van der Waals surface area contributed by atoms with Gasteiger partial charge in [0.15, 0.2) is 0 Å². The molecule has 1 saturated heterocycles. The smallest absolute Gasteiger partial charge is 0.243 e. The van der Waals surface area contributed by atoms with Crippen molar-refractivity contribution in [3.05, 3.63) is 29.3 Å². The topological polar surface area (TPSA) is 49.4 Å². The minimum Gasteiger partial charge on any atom is -0.316 e. The van der Waals surface area contributed by atoms with Crippen LogP contribution < -0.4 is 5.32 Å². The number of sulfonamides is 1. The summed E-state index contributed by atoms with van der Waals surface area (Å²) < 4.78 is 26.9. The number of aryl methyl sites for hydroxylation is 1. The molecule has 0 bridgehead atoms. The van der Waals surface area contributed by atoms with E-state index in [0.717, 1.165) is 24.0 Å². The number of nitrogens with zero attached hydrogens (tertiary/aromatic N) is 1. The van der Waals surface area contributed by atoms with Crippen molar-refractivity contribution in [1.82, 2.24) is 9.62 Å². The van der Waals surface area contributed by atoms with Crippen molar-refractivity contribution in [2.75, 3.05) is 13.6 Å². The fraction of sp³-hybridized carbons (Fsp3) is 0.571. The first-order valence-electron chi connectivity index (χ1n) is 6.73. The molecule has 4 nitrogen and oxygen atoms in total. The third kappa shape index (κ3) is 2.83. The molecule has 1 aromatic carbocycles. The molecular weight excluding hydrogens is 260 g/mol. The molecule has 0 aliphatic carbocycles. The molecule has 0 saturated carbocycles. The molecule has 1 aliphatic heterocycles. The van der Waals surface area contributed by atoms with Crippen molar-refractivity contribution >= 4 is 10.0 Å². The Balaban J connectivity index is 2.38. The van der Waals surface area contributed by atoms with E-state index in [1.807, 2.05) is 27.0 Å². The van der Waals surface area contributed by atoms with Crippen molar-refractivity contribution in [2.24, 2.45) is 0 Å². The molecule has 106 valence electrons. The van der Waals surface area contributed by atoms with Crippen LogP contribution in [0.5, 0.6) is 0 Å². The highest BCUT2D eigenvalue weighted by molar-refractivity contribution is 7.89. The maximum atomic E-state index is 12.6. The van der Waals surface area contributed by atoms with Crippen molar-refractivity contribution in [3.8, 4) is 0 Å². The lowest BCUT2D eigenvalue weighted by Crippen LogP contribution is -2.33. The molecule has 1 aromatic rings. The van der Waals surface area contributed by atoms with Gasteiger partial charge in [0.1, 0.15) is 0 Å². The van der Waals surface area contributed by atoms with Gasteiger partial charge in [-0.05, 0) is 57.0 Å². The summed E-state index contributed by atoms with van der Waals surface area (Å²) >= 11 is 0. The molecule has 1 aliphatic rings. The predicted octanol–water partition coefficient (Wildman–Crippen LogP) is 1.89. The van der Waals surface area contributed by atoms with E-state index in [2.05, 4.69) is 5.32 Å². The zero-order valence-corrected chi connectivity index (χ0v) is 12.6. The minimum atomic E-state index is -3.34. The molecule has 19 heavy (non-hydrogen) atoms. The molecule has 1 atom stereocenters. The summed E-state index contributed by atoms with van der Waals surface area (Å²) in [5.41, 5.74) is 2.15. The number of hydrogen-bond acceptors (Lipinski definition) is 3. The van der Waals surface area contributed by atoms with Gasteiger partial charge in [0.25, 0.3) is 0 Å². The van der Waals surface area contributed by atoms with Crippen LogP contribution in [-0.2, 0) is 16.6 Å². The maximum absolute atomic E-state index is 12.6. The quantitative estimate of drug-likeness (QED) is 0.917. The van der Waals surface area contributed by atoms with Crippen LogP contribution in [-0.4, -0.2) is 32.4 Å². The average Bonchev–Trinajstić information content (AvgIpc) is 2.79. The van der Waals surface area contributed by atoms with Crippen LogP contribution in [0.2, 0.25) is 0 Å². The molecule has 5 heteroatoms. The average molecular weight is 282 g/mol. The van der Waals surface area contributed by atoms with Crippen LogP contribution in [0.1, 0.15) is 30.9 Å². The van der Waals surface area contributed by atoms with E-state index in [4.69, 9.17) is 0 Å². The maximum Gasteiger partial charge on any atom is 0.243 e. The van der Waals surface area contributed by atoms with E-state index in [9.17, 15) is 8.42 Å². The summed E-state index contributed by atoms with van der Waals surface area (Å²) in [5, 5.41) is 3.07. The van der Waals surface area contributed by atoms with Crippen LogP contribution in [0.25, 0.3) is 0 Å². The third-order valence-electron chi connectivity index (χ3n) is 3.79. The zero-order chi connectivity index (χ0) is 14.0. The Morgan fingerprint density at radius 2 is 2.16 bits per heavy atom. The van der Waals surface area contributed by atoms with Gasteiger partial charge in [-0.3, -0.25) is 0 Å². The van der Waals surface area contributed by atoms with Crippen LogP contribution in [0.15, 0.2) is 23.1 Å². The SMILES string of the molecule is CNCc1cc(S(=O)(=O)N2CCCC2C)ccc1C. The molecule has 1 N–H and O–H groups in total. The first-order valence-corrected chi connectivity index (χ1v) is 8.17. The second-order valence-electron chi connectivity index (χ2n) is 5.23. The van der Waals surface area contributed by atoms with Gasteiger partial charge in [-0.2, -0.15) is 4.31 Å². The standard InChI is InChI=1S/C14H22N2O2S/c1-11-6-7-14(9-13(11)10-15-3)19(17,18)16-8-4-5-12(16)2/h6-7,9,12,15H,4-5,8,10H2,1-3H3. The fourth-order valence-electron chi connectivity index (χ4n) is 2.59. The number of benzene rings is 1. The number of rotatable bonds is 4. The summed E-state index contributed by atoms with van der Waals surface area (Å²) in [4.78, 5) is 0.414. The Morgan fingerprint density at radius 1 is 1.42 bits per heavy atom. The van der Waals surface area contributed by atoms with Crippen LogP contribution in [0, 0.1) is 6.92 Å². The van der Waals surface area contributed by atoms with Gasteiger partial charge >= 0.3 is 0 Å². The van der Waals surface area contributed by atoms with Gasteiger partial charge in [-0.25, -0.2) is 8.42 Å². The summed E-state index contributed by atoms with van der Waals surface area (Å²) in [5.74, 6) is 0. The Bertz CT molecular complexity index is 555. The highest BCUT2D eigenvalue weighted by Gasteiger charge is 2.32. The van der Waals surface area contributed by atoms with Gasteiger partial charge in [-0.1, -0.05) is 6.07 Å². The van der Waals surface area contributed by atoms with E-state index in [1.165, 1.54) is 0 Å². The fourth-order valence-corrected chi connectivity index (χ4v) is 4.34. The normalized spacial score (nSPS) is 20.9. The van der Waals surface area contributed by atoms with E-state index in [0.29, 0.717) is 18.0 Å². The summed E-state index contributed by atoms with van der Waals surface area (Å²) in [6.45, 7) is 5.30. The molecular formula is C14H22N2O2S. The Labute approximate surface area is 115 Å². The molecule has 0 aromatic heterocycles. The van der Waals surface area contributed by atoms with Gasteiger partial charge in [0, 0.05) is 19.1 Å². The highest BCUT2D eigenvalue weighted by atomic mass is 32.2. The van der Waals surface area contributed by atoms with Gasteiger partial charge in [0.2, 0.25) is 10.0 Å². The Morgan fingerprint density at radius 3 is 2.74 bits per heavy atom. The van der Waals surface area contributed by atoms with E-state index in [-0.39, 0.29) is 6.04 Å². The van der Waals surface area contributed by atoms with Crippen LogP contribution in [0.4, 0.5) is 0 Å². The van der Waals surface area contributed by atoms with E-state index in [1.54, 1.807) is 16.4 Å².